The molecule has 11 nitrogen and oxygen atoms in total. The SMILES string of the molecule is CC1(C)C[C@@H]2C3=CC[C@H]4[C@@]5(C)C[C@H](O)[C@@H](O)[C@](C)(CO)C5CC[C@@]4(C)[C@]3(C)CC[C@@]2(C(=O)O)C[C@H]1O[C@@H]1O[C@H](CO)[C@@H](O)[C@H](O)[C@H]1O. The molecule has 1 heterocycles. The second-order valence-corrected chi connectivity index (χ2v) is 17.9. The summed E-state index contributed by atoms with van der Waals surface area (Å²) in [6.07, 6.45) is -2.73. The van der Waals surface area contributed by atoms with Crippen LogP contribution in [0.4, 0.5) is 0 Å². The molecule has 0 radical (unpaired) electrons. The number of aliphatic hydroxyl groups excluding tert-OH is 7. The Morgan fingerprint density at radius 2 is 1.57 bits per heavy atom. The summed E-state index contributed by atoms with van der Waals surface area (Å²) >= 11 is 0. The van der Waals surface area contributed by atoms with Crippen LogP contribution in [0.25, 0.3) is 0 Å². The van der Waals surface area contributed by atoms with Gasteiger partial charge >= 0.3 is 5.97 Å². The lowest BCUT2D eigenvalue weighted by Crippen LogP contribution is -2.68. The van der Waals surface area contributed by atoms with E-state index in [1.54, 1.807) is 0 Å². The van der Waals surface area contributed by atoms with Crippen LogP contribution in [0.5, 0.6) is 0 Å². The molecule has 0 amide bonds. The molecule has 16 atom stereocenters. The summed E-state index contributed by atoms with van der Waals surface area (Å²) in [6.45, 7) is 12.1. The summed E-state index contributed by atoms with van der Waals surface area (Å²) in [4.78, 5) is 13.4. The van der Waals surface area contributed by atoms with Crippen molar-refractivity contribution < 1.29 is 55.1 Å². The minimum Gasteiger partial charge on any atom is -0.481 e. The molecule has 1 aliphatic heterocycles. The lowest BCUT2D eigenvalue weighted by atomic mass is 9.33. The van der Waals surface area contributed by atoms with E-state index in [4.69, 9.17) is 9.47 Å². The number of aliphatic carboxylic acids is 1. The van der Waals surface area contributed by atoms with Crippen LogP contribution in [0.1, 0.15) is 92.9 Å². The largest absolute Gasteiger partial charge is 0.481 e. The van der Waals surface area contributed by atoms with Gasteiger partial charge in [-0.15, -0.1) is 0 Å². The lowest BCUT2D eigenvalue weighted by molar-refractivity contribution is -0.325. The average Bonchev–Trinajstić information content (AvgIpc) is 3.00. The van der Waals surface area contributed by atoms with Gasteiger partial charge in [-0.2, -0.15) is 0 Å². The monoisotopic (exact) mass is 666 g/mol. The first-order valence-electron chi connectivity index (χ1n) is 17.6. The molecule has 6 aliphatic rings. The van der Waals surface area contributed by atoms with Crippen LogP contribution < -0.4 is 0 Å². The molecule has 1 unspecified atom stereocenters. The van der Waals surface area contributed by atoms with Gasteiger partial charge in [-0.05, 0) is 90.8 Å². The van der Waals surface area contributed by atoms with Crippen LogP contribution in [0.2, 0.25) is 0 Å². The van der Waals surface area contributed by atoms with Crippen molar-refractivity contribution in [1.82, 2.24) is 0 Å². The van der Waals surface area contributed by atoms with Crippen molar-refractivity contribution in [1.29, 1.82) is 0 Å². The molecule has 0 spiro atoms. The van der Waals surface area contributed by atoms with Gasteiger partial charge in [0.05, 0.1) is 36.9 Å². The smallest absolute Gasteiger partial charge is 0.310 e. The van der Waals surface area contributed by atoms with E-state index in [2.05, 4.69) is 26.8 Å². The van der Waals surface area contributed by atoms with E-state index in [0.717, 1.165) is 19.3 Å². The number of aliphatic hydroxyl groups is 7. The standard InChI is InChI=1S/C36H58O11/c1-31(2)13-19-18-7-8-23-32(3)14-20(39)28(43)33(4,17-38)22(32)9-10-35(23,6)34(18,5)11-12-36(19,30(44)45)15-24(31)47-29-27(42)26(41)25(40)21(16-37)46-29/h7,19-29,37-43H,8-17H2,1-6H3,(H,44,45)/t19-,20+,21-,22?,23+,24-,25-,26+,27-,28-,29+,32+,33-,34-,35-,36-/m1/s1. The number of hydrogen-bond donors (Lipinski definition) is 8. The van der Waals surface area contributed by atoms with E-state index in [1.807, 2.05) is 20.8 Å². The first-order chi connectivity index (χ1) is 21.8. The van der Waals surface area contributed by atoms with Gasteiger partial charge < -0.3 is 50.3 Å². The number of rotatable bonds is 5. The van der Waals surface area contributed by atoms with E-state index < -0.39 is 77.8 Å². The number of carboxylic acid groups (broad SMARTS) is 1. The molecule has 268 valence electrons. The van der Waals surface area contributed by atoms with Crippen molar-refractivity contribution in [2.24, 2.45) is 50.2 Å². The summed E-state index contributed by atoms with van der Waals surface area (Å²) in [7, 11) is 0. The van der Waals surface area contributed by atoms with Crippen LogP contribution in [-0.2, 0) is 14.3 Å². The molecule has 8 N–H and O–H groups in total. The number of fused-ring (bicyclic) bond motifs is 7. The summed E-state index contributed by atoms with van der Waals surface area (Å²) in [5.41, 5.74) is -2.11. The van der Waals surface area contributed by atoms with Gasteiger partial charge in [-0.3, -0.25) is 4.79 Å². The summed E-state index contributed by atoms with van der Waals surface area (Å²) < 4.78 is 12.0. The number of carboxylic acids is 1. The zero-order valence-electron chi connectivity index (χ0n) is 28.8. The molecular formula is C36H58O11. The molecule has 0 aromatic heterocycles. The van der Waals surface area contributed by atoms with Crippen molar-refractivity contribution >= 4 is 5.97 Å². The highest BCUT2D eigenvalue weighted by atomic mass is 16.7. The van der Waals surface area contributed by atoms with Crippen LogP contribution in [0, 0.1) is 50.2 Å². The maximum absolute atomic E-state index is 13.4. The number of hydrogen-bond acceptors (Lipinski definition) is 10. The Kier molecular flexibility index (Phi) is 8.68. The Morgan fingerprint density at radius 3 is 2.19 bits per heavy atom. The van der Waals surface area contributed by atoms with Gasteiger partial charge in [0.25, 0.3) is 0 Å². The van der Waals surface area contributed by atoms with Crippen LogP contribution in [-0.4, -0.2) is 109 Å². The highest BCUT2D eigenvalue weighted by Crippen LogP contribution is 2.76. The molecular weight excluding hydrogens is 608 g/mol. The fourth-order valence-electron chi connectivity index (χ4n) is 12.3. The van der Waals surface area contributed by atoms with E-state index in [-0.39, 0.29) is 47.0 Å². The van der Waals surface area contributed by atoms with Crippen LogP contribution in [0.15, 0.2) is 11.6 Å². The maximum Gasteiger partial charge on any atom is 0.310 e. The average molecular weight is 667 g/mol. The predicted octanol–water partition coefficient (Wildman–Crippen LogP) is 1.97. The van der Waals surface area contributed by atoms with Gasteiger partial charge in [0.2, 0.25) is 0 Å². The number of ether oxygens (including phenoxy) is 2. The molecule has 0 aromatic rings. The quantitative estimate of drug-likeness (QED) is 0.158. The molecule has 4 saturated carbocycles. The molecule has 47 heavy (non-hydrogen) atoms. The van der Waals surface area contributed by atoms with Gasteiger partial charge in [-0.1, -0.05) is 53.2 Å². The topological polar surface area (TPSA) is 197 Å². The van der Waals surface area contributed by atoms with Gasteiger partial charge in [0, 0.05) is 5.41 Å². The lowest BCUT2D eigenvalue weighted by Gasteiger charge is -2.71. The van der Waals surface area contributed by atoms with E-state index in [9.17, 15) is 45.6 Å². The molecule has 0 bridgehead atoms. The van der Waals surface area contributed by atoms with Gasteiger partial charge in [0.1, 0.15) is 24.4 Å². The Balaban J connectivity index is 1.34. The first-order valence-corrected chi connectivity index (χ1v) is 17.6. The zero-order valence-corrected chi connectivity index (χ0v) is 28.8. The molecule has 5 fully saturated rings. The Morgan fingerprint density at radius 1 is 0.894 bits per heavy atom. The van der Waals surface area contributed by atoms with Crippen LogP contribution in [0.3, 0.4) is 0 Å². The zero-order chi connectivity index (χ0) is 34.7. The normalized spacial score (nSPS) is 55.5. The molecule has 6 rings (SSSR count). The van der Waals surface area contributed by atoms with Crippen molar-refractivity contribution in [2.75, 3.05) is 13.2 Å². The Bertz CT molecular complexity index is 1270. The van der Waals surface area contributed by atoms with Crippen molar-refractivity contribution in [2.45, 2.75) is 142 Å². The first kappa shape index (κ1) is 35.7. The van der Waals surface area contributed by atoms with Crippen molar-refractivity contribution in [3.05, 3.63) is 11.6 Å². The Labute approximate surface area is 278 Å². The third kappa shape index (κ3) is 4.74. The fraction of sp³-hybridized carbons (Fsp3) is 0.917. The van der Waals surface area contributed by atoms with E-state index >= 15 is 0 Å². The molecule has 0 aromatic carbocycles. The number of allylic oxidation sites excluding steroid dienone is 2. The molecule has 5 aliphatic carbocycles. The van der Waals surface area contributed by atoms with Crippen LogP contribution >= 0.6 is 0 Å². The Hall–Kier alpha value is -1.15. The summed E-state index contributed by atoms with van der Waals surface area (Å²) in [6, 6.07) is 0. The summed E-state index contributed by atoms with van der Waals surface area (Å²) in [5, 5.41) is 84.8. The fourth-order valence-corrected chi connectivity index (χ4v) is 12.3. The maximum atomic E-state index is 13.4. The predicted molar refractivity (Wildman–Crippen MR) is 170 cm³/mol. The molecule has 11 heteroatoms. The highest BCUT2D eigenvalue weighted by molar-refractivity contribution is 5.77. The minimum atomic E-state index is -1.59. The minimum absolute atomic E-state index is 0.0330. The second-order valence-electron chi connectivity index (χ2n) is 17.9. The molecule has 1 saturated heterocycles. The van der Waals surface area contributed by atoms with Crippen molar-refractivity contribution in [3.63, 3.8) is 0 Å². The third-order valence-corrected chi connectivity index (χ3v) is 15.4. The highest BCUT2D eigenvalue weighted by Gasteiger charge is 2.71. The third-order valence-electron chi connectivity index (χ3n) is 15.4. The van der Waals surface area contributed by atoms with E-state index in [1.165, 1.54) is 5.57 Å². The number of carbonyl (C=O) groups is 1. The van der Waals surface area contributed by atoms with Gasteiger partial charge in [0.15, 0.2) is 6.29 Å². The van der Waals surface area contributed by atoms with Crippen molar-refractivity contribution in [3.8, 4) is 0 Å². The van der Waals surface area contributed by atoms with E-state index in [0.29, 0.717) is 25.7 Å². The van der Waals surface area contributed by atoms with Gasteiger partial charge in [-0.25, -0.2) is 0 Å². The summed E-state index contributed by atoms with van der Waals surface area (Å²) in [5.74, 6) is -0.931. The second kappa shape index (κ2) is 11.4.